The van der Waals surface area contributed by atoms with Gasteiger partial charge in [0.05, 0.1) is 46.6 Å². The molecule has 9 nitrogen and oxygen atoms in total. The summed E-state index contributed by atoms with van der Waals surface area (Å²) in [4.78, 5) is 24.0. The van der Waals surface area contributed by atoms with Crippen molar-refractivity contribution in [2.75, 3.05) is 28.4 Å². The number of hydrogen-bond acceptors (Lipinski definition) is 7. The number of carboxylic acid groups (broad SMARTS) is 1. The van der Waals surface area contributed by atoms with Gasteiger partial charge in [-0.3, -0.25) is 9.59 Å². The van der Waals surface area contributed by atoms with Gasteiger partial charge in [-0.25, -0.2) is 5.01 Å². The van der Waals surface area contributed by atoms with Gasteiger partial charge in [0.25, 0.3) is 0 Å². The molecule has 0 fully saturated rings. The fourth-order valence-electron chi connectivity index (χ4n) is 3.63. The van der Waals surface area contributed by atoms with Gasteiger partial charge in [-0.15, -0.1) is 0 Å². The van der Waals surface area contributed by atoms with Crippen molar-refractivity contribution in [3.63, 3.8) is 0 Å². The molecule has 0 spiro atoms. The number of methoxy groups -OCH3 is 4. The highest BCUT2D eigenvalue weighted by Gasteiger charge is 2.35. The molecule has 0 bridgehead atoms. The minimum absolute atomic E-state index is 0.170. The molecule has 0 aromatic heterocycles. The lowest BCUT2D eigenvalue weighted by Crippen LogP contribution is -2.27. The molecule has 0 aliphatic carbocycles. The Kier molecular flexibility index (Phi) is 7.19. The first-order valence-corrected chi connectivity index (χ1v) is 9.97. The van der Waals surface area contributed by atoms with Gasteiger partial charge < -0.3 is 24.1 Å². The highest BCUT2D eigenvalue weighted by molar-refractivity contribution is 6.04. The van der Waals surface area contributed by atoms with Crippen LogP contribution >= 0.6 is 0 Å². The van der Waals surface area contributed by atoms with Crippen molar-refractivity contribution < 1.29 is 33.6 Å². The molecule has 1 amide bonds. The number of hydrogen-bond donors (Lipinski definition) is 1. The minimum atomic E-state index is -1.05. The lowest BCUT2D eigenvalue weighted by atomic mass is 9.97. The van der Waals surface area contributed by atoms with Crippen molar-refractivity contribution in [2.45, 2.75) is 25.3 Å². The van der Waals surface area contributed by atoms with Crippen LogP contribution in [0.2, 0.25) is 0 Å². The number of hydrazone groups is 1. The van der Waals surface area contributed by atoms with Crippen LogP contribution in [0.5, 0.6) is 23.0 Å². The summed E-state index contributed by atoms with van der Waals surface area (Å²) >= 11 is 0. The molecule has 3 rings (SSSR count). The van der Waals surface area contributed by atoms with Crippen molar-refractivity contribution in [3.8, 4) is 23.0 Å². The summed E-state index contributed by atoms with van der Waals surface area (Å²) in [6.07, 6.45) is -0.0654. The summed E-state index contributed by atoms with van der Waals surface area (Å²) in [5.41, 5.74) is 2.09. The standard InChI is InChI=1S/C23H26N2O7/c1-29-15-10-14(11-16(12-15)30-2)18-13-19(25(24-18)21(26)8-9-22(27)28)17-6-5-7-20(31-3)23(17)32-4/h5-7,10-12,19H,8-9,13H2,1-4H3,(H,27,28)/t19-/m1/s1. The number of carbonyl (C=O) groups excluding carboxylic acids is 1. The second kappa shape index (κ2) is 10.0. The van der Waals surface area contributed by atoms with Crippen molar-refractivity contribution in [1.29, 1.82) is 0 Å². The van der Waals surface area contributed by atoms with Crippen LogP contribution in [-0.2, 0) is 9.59 Å². The Balaban J connectivity index is 2.05. The second-order valence-corrected chi connectivity index (χ2v) is 7.08. The summed E-state index contributed by atoms with van der Waals surface area (Å²) in [6, 6.07) is 10.3. The number of para-hydroxylation sites is 1. The van der Waals surface area contributed by atoms with E-state index in [2.05, 4.69) is 5.10 Å². The highest BCUT2D eigenvalue weighted by atomic mass is 16.5. The topological polar surface area (TPSA) is 107 Å². The van der Waals surface area contributed by atoms with E-state index in [1.54, 1.807) is 26.4 Å². The molecule has 1 aliphatic rings. The van der Waals surface area contributed by atoms with Crippen LogP contribution in [0.3, 0.4) is 0 Å². The number of amides is 1. The van der Waals surface area contributed by atoms with E-state index >= 15 is 0 Å². The number of ether oxygens (including phenoxy) is 4. The number of benzene rings is 2. The van der Waals surface area contributed by atoms with E-state index < -0.39 is 17.9 Å². The lowest BCUT2D eigenvalue weighted by molar-refractivity contribution is -0.141. The number of nitrogens with zero attached hydrogens (tertiary/aromatic N) is 2. The van der Waals surface area contributed by atoms with Crippen molar-refractivity contribution in [3.05, 3.63) is 47.5 Å². The molecule has 0 saturated heterocycles. The second-order valence-electron chi connectivity index (χ2n) is 7.08. The molecule has 32 heavy (non-hydrogen) atoms. The Labute approximate surface area is 186 Å². The number of aliphatic carboxylic acids is 1. The summed E-state index contributed by atoms with van der Waals surface area (Å²) < 4.78 is 21.7. The fraction of sp³-hybridized carbons (Fsp3) is 0.348. The van der Waals surface area contributed by atoms with Gasteiger partial charge in [0.2, 0.25) is 5.91 Å². The smallest absolute Gasteiger partial charge is 0.303 e. The Morgan fingerprint density at radius 2 is 1.69 bits per heavy atom. The molecule has 2 aromatic carbocycles. The van der Waals surface area contributed by atoms with E-state index in [-0.39, 0.29) is 12.8 Å². The van der Waals surface area contributed by atoms with Gasteiger partial charge in [-0.1, -0.05) is 12.1 Å². The van der Waals surface area contributed by atoms with Gasteiger partial charge in [-0.2, -0.15) is 5.10 Å². The average molecular weight is 442 g/mol. The van der Waals surface area contributed by atoms with Gasteiger partial charge in [0.1, 0.15) is 11.5 Å². The molecule has 1 aliphatic heterocycles. The number of carbonyl (C=O) groups is 2. The predicted molar refractivity (Wildman–Crippen MR) is 117 cm³/mol. The SMILES string of the molecule is COc1cc(OC)cc(C2=NN(C(=O)CCC(=O)O)[C@@H](c3cccc(OC)c3OC)C2)c1. The normalized spacial score (nSPS) is 15.2. The van der Waals surface area contributed by atoms with Crippen molar-refractivity contribution >= 4 is 17.6 Å². The van der Waals surface area contributed by atoms with Gasteiger partial charge in [0, 0.05) is 30.0 Å². The molecule has 1 heterocycles. The predicted octanol–water partition coefficient (Wildman–Crippen LogP) is 3.26. The van der Waals surface area contributed by atoms with Crippen LogP contribution in [0.25, 0.3) is 0 Å². The zero-order chi connectivity index (χ0) is 23.3. The molecule has 170 valence electrons. The third-order valence-electron chi connectivity index (χ3n) is 5.20. The first-order chi connectivity index (χ1) is 15.4. The van der Waals surface area contributed by atoms with Crippen LogP contribution in [0.4, 0.5) is 0 Å². The summed E-state index contributed by atoms with van der Waals surface area (Å²) in [5.74, 6) is 0.762. The number of rotatable bonds is 9. The van der Waals surface area contributed by atoms with E-state index in [1.165, 1.54) is 19.2 Å². The molecule has 0 radical (unpaired) electrons. The summed E-state index contributed by atoms with van der Waals surface area (Å²) in [7, 11) is 6.18. The van der Waals surface area contributed by atoms with Crippen LogP contribution in [0.15, 0.2) is 41.5 Å². The number of carboxylic acids is 1. The third-order valence-corrected chi connectivity index (χ3v) is 5.20. The zero-order valence-electron chi connectivity index (χ0n) is 18.5. The Hall–Kier alpha value is -3.75. The maximum absolute atomic E-state index is 12.9. The molecule has 0 unspecified atom stereocenters. The molecular weight excluding hydrogens is 416 g/mol. The maximum atomic E-state index is 12.9. The minimum Gasteiger partial charge on any atom is -0.497 e. The Morgan fingerprint density at radius 1 is 1.00 bits per heavy atom. The van der Waals surface area contributed by atoms with Crippen LogP contribution in [0, 0.1) is 0 Å². The Morgan fingerprint density at radius 3 is 2.25 bits per heavy atom. The van der Waals surface area contributed by atoms with E-state index in [1.807, 2.05) is 24.3 Å². The first kappa shape index (κ1) is 22.9. The molecule has 2 aromatic rings. The summed E-state index contributed by atoms with van der Waals surface area (Å²) in [5, 5.41) is 14.9. The lowest BCUT2D eigenvalue weighted by Gasteiger charge is -2.24. The molecule has 1 atom stereocenters. The van der Waals surface area contributed by atoms with E-state index in [4.69, 9.17) is 24.1 Å². The molecule has 0 saturated carbocycles. The fourth-order valence-corrected chi connectivity index (χ4v) is 3.63. The van der Waals surface area contributed by atoms with Crippen LogP contribution < -0.4 is 18.9 Å². The first-order valence-electron chi connectivity index (χ1n) is 9.97. The zero-order valence-corrected chi connectivity index (χ0v) is 18.5. The molecular formula is C23H26N2O7. The van der Waals surface area contributed by atoms with Gasteiger partial charge in [0.15, 0.2) is 11.5 Å². The van der Waals surface area contributed by atoms with E-state index in [9.17, 15) is 9.59 Å². The van der Waals surface area contributed by atoms with Crippen LogP contribution in [0.1, 0.15) is 36.4 Å². The van der Waals surface area contributed by atoms with Crippen LogP contribution in [-0.4, -0.2) is 56.1 Å². The largest absolute Gasteiger partial charge is 0.497 e. The average Bonchev–Trinajstić information content (AvgIpc) is 3.26. The van der Waals surface area contributed by atoms with Crippen molar-refractivity contribution in [2.24, 2.45) is 5.10 Å². The Bertz CT molecular complexity index is 1010. The van der Waals surface area contributed by atoms with Gasteiger partial charge in [-0.05, 0) is 18.2 Å². The molecule has 1 N–H and O–H groups in total. The quantitative estimate of drug-likeness (QED) is 0.635. The highest BCUT2D eigenvalue weighted by Crippen LogP contribution is 2.42. The van der Waals surface area contributed by atoms with E-state index in [0.717, 1.165) is 5.56 Å². The monoisotopic (exact) mass is 442 g/mol. The third kappa shape index (κ3) is 4.77. The van der Waals surface area contributed by atoms with Gasteiger partial charge >= 0.3 is 5.97 Å². The molecule has 9 heteroatoms. The van der Waals surface area contributed by atoms with E-state index in [0.29, 0.717) is 40.7 Å². The van der Waals surface area contributed by atoms with Crippen molar-refractivity contribution in [1.82, 2.24) is 5.01 Å². The summed E-state index contributed by atoms with van der Waals surface area (Å²) in [6.45, 7) is 0. The maximum Gasteiger partial charge on any atom is 0.303 e.